The highest BCUT2D eigenvalue weighted by molar-refractivity contribution is 5.66. The van der Waals surface area contributed by atoms with Gasteiger partial charge in [0.25, 0.3) is 0 Å². The molecule has 0 aromatic heterocycles. The molecule has 1 fully saturated rings. The highest BCUT2D eigenvalue weighted by atomic mass is 16.6. The van der Waals surface area contributed by atoms with E-state index < -0.39 is 17.3 Å². The second kappa shape index (κ2) is 8.10. The Morgan fingerprint density at radius 3 is 2.69 bits per heavy atom. The molecular weight excluding hydrogens is 328 g/mol. The van der Waals surface area contributed by atoms with Crippen LogP contribution in [0.3, 0.4) is 0 Å². The predicted molar refractivity (Wildman–Crippen MR) is 104 cm³/mol. The Kier molecular flexibility index (Phi) is 6.51. The van der Waals surface area contributed by atoms with Gasteiger partial charge in [-0.3, -0.25) is 4.79 Å². The minimum absolute atomic E-state index is 0.0925. The molecule has 2 aliphatic rings. The van der Waals surface area contributed by atoms with Crippen molar-refractivity contribution >= 4 is 5.97 Å². The maximum absolute atomic E-state index is 11.7. The monoisotopic (exact) mass is 362 g/mol. The molecular formula is C22H34O4. The van der Waals surface area contributed by atoms with Crippen LogP contribution < -0.4 is 0 Å². The summed E-state index contributed by atoms with van der Waals surface area (Å²) >= 11 is 0. The normalized spacial score (nSPS) is 41.1. The topological polar surface area (TPSA) is 59.1 Å². The first kappa shape index (κ1) is 20.9. The van der Waals surface area contributed by atoms with Crippen molar-refractivity contribution in [2.75, 3.05) is 0 Å². The zero-order chi connectivity index (χ0) is 19.5. The van der Waals surface area contributed by atoms with Crippen molar-refractivity contribution in [2.24, 2.45) is 5.92 Å². The predicted octanol–water partition coefficient (Wildman–Crippen LogP) is 4.49. The van der Waals surface area contributed by atoms with E-state index in [2.05, 4.69) is 26.8 Å². The number of hydrogen-bond donors (Lipinski definition) is 1. The molecule has 4 nitrogen and oxygen atoms in total. The van der Waals surface area contributed by atoms with Gasteiger partial charge in [-0.15, -0.1) is 0 Å². The van der Waals surface area contributed by atoms with Gasteiger partial charge >= 0.3 is 5.97 Å². The Hall–Kier alpha value is -1.39. The van der Waals surface area contributed by atoms with Gasteiger partial charge < -0.3 is 14.6 Å². The van der Waals surface area contributed by atoms with E-state index in [1.54, 1.807) is 0 Å². The fourth-order valence-electron chi connectivity index (χ4n) is 3.41. The molecule has 4 heteroatoms. The van der Waals surface area contributed by atoms with E-state index in [1.165, 1.54) is 12.5 Å². The first-order valence-corrected chi connectivity index (χ1v) is 9.67. The molecule has 1 aliphatic heterocycles. The van der Waals surface area contributed by atoms with Crippen molar-refractivity contribution in [3.63, 3.8) is 0 Å². The average Bonchev–Trinajstić information content (AvgIpc) is 3.18. The number of carbonyl (C=O) groups is 1. The summed E-state index contributed by atoms with van der Waals surface area (Å²) in [6.07, 6.45) is 11.1. The molecule has 0 unspecified atom stereocenters. The summed E-state index contributed by atoms with van der Waals surface area (Å²) in [5, 5.41) is 10.6. The van der Waals surface area contributed by atoms with E-state index in [-0.39, 0.29) is 18.0 Å². The number of aliphatic hydroxyl groups is 1. The molecule has 1 aliphatic carbocycles. The molecule has 1 saturated heterocycles. The second-order valence-electron chi connectivity index (χ2n) is 8.46. The summed E-state index contributed by atoms with van der Waals surface area (Å²) in [7, 11) is 0. The smallest absolute Gasteiger partial charge is 0.303 e. The number of fused-ring (bicyclic) bond motifs is 1. The molecule has 1 heterocycles. The number of rotatable bonds is 2. The van der Waals surface area contributed by atoms with Gasteiger partial charge in [0.2, 0.25) is 0 Å². The van der Waals surface area contributed by atoms with Gasteiger partial charge in [-0.25, -0.2) is 0 Å². The van der Waals surface area contributed by atoms with Crippen LogP contribution in [-0.2, 0) is 14.3 Å². The third-order valence-electron chi connectivity index (χ3n) is 5.43. The fraction of sp³-hybridized carbons (Fsp3) is 0.682. The minimum Gasteiger partial charge on any atom is -0.455 e. The van der Waals surface area contributed by atoms with E-state index in [0.29, 0.717) is 6.42 Å². The summed E-state index contributed by atoms with van der Waals surface area (Å²) in [5.74, 6) is -0.0612. The highest BCUT2D eigenvalue weighted by Crippen LogP contribution is 2.45. The first-order chi connectivity index (χ1) is 12.0. The average molecular weight is 363 g/mol. The molecule has 0 saturated carbocycles. The van der Waals surface area contributed by atoms with Gasteiger partial charge in [0, 0.05) is 6.92 Å². The first-order valence-electron chi connectivity index (χ1n) is 9.67. The molecule has 0 aromatic rings. The minimum atomic E-state index is -0.867. The number of carbonyl (C=O) groups excluding carboxylic acids is 1. The SMILES string of the molecule is CC(=O)O[C@H]1/C=C(C(C)C)\C=C\[C@@](C)(O)CC/C=C(/C)CC[C@@H]2O[C@@]12C. The molecule has 1 N–H and O–H groups in total. The van der Waals surface area contributed by atoms with Crippen LogP contribution in [0.5, 0.6) is 0 Å². The van der Waals surface area contributed by atoms with Crippen LogP contribution in [0, 0.1) is 5.92 Å². The summed E-state index contributed by atoms with van der Waals surface area (Å²) in [4.78, 5) is 11.7. The highest BCUT2D eigenvalue weighted by Gasteiger charge is 2.58. The summed E-state index contributed by atoms with van der Waals surface area (Å²) in [6.45, 7) is 11.6. The van der Waals surface area contributed by atoms with Crippen molar-refractivity contribution in [1.29, 1.82) is 0 Å². The standard InChI is InChI=1S/C22H34O4/c1-15(2)18-11-13-21(5,24)12-7-8-16(3)9-10-19-22(6,26-19)20(14-18)25-17(4)23/h8,11,13-15,19-20,24H,7,9-10,12H2,1-6H3/b13-11+,16-8-,18-14+/t19-,20-,21-,22+/m0/s1. The molecule has 4 atom stereocenters. The Morgan fingerprint density at radius 2 is 2.08 bits per heavy atom. The van der Waals surface area contributed by atoms with Crippen LogP contribution in [0.25, 0.3) is 0 Å². The zero-order valence-corrected chi connectivity index (χ0v) is 17.0. The Morgan fingerprint density at radius 1 is 1.38 bits per heavy atom. The number of ether oxygens (including phenoxy) is 2. The van der Waals surface area contributed by atoms with Crippen molar-refractivity contribution in [1.82, 2.24) is 0 Å². The van der Waals surface area contributed by atoms with Crippen LogP contribution in [0.4, 0.5) is 0 Å². The van der Waals surface area contributed by atoms with Gasteiger partial charge in [0.15, 0.2) is 6.10 Å². The van der Waals surface area contributed by atoms with Crippen molar-refractivity contribution in [3.05, 3.63) is 35.5 Å². The Labute approximate surface area is 158 Å². The zero-order valence-electron chi connectivity index (χ0n) is 17.0. The molecule has 0 radical (unpaired) electrons. The van der Waals surface area contributed by atoms with E-state index in [9.17, 15) is 9.90 Å². The Bertz CT molecular complexity index is 612. The summed E-state index contributed by atoms with van der Waals surface area (Å²) < 4.78 is 11.6. The van der Waals surface area contributed by atoms with Gasteiger partial charge in [0.1, 0.15) is 5.60 Å². The Balaban J connectivity index is 2.38. The maximum Gasteiger partial charge on any atom is 0.303 e. The van der Waals surface area contributed by atoms with Crippen molar-refractivity contribution in [3.8, 4) is 0 Å². The van der Waals surface area contributed by atoms with Gasteiger partial charge in [-0.1, -0.05) is 37.6 Å². The molecule has 2 rings (SSSR count). The maximum atomic E-state index is 11.7. The van der Waals surface area contributed by atoms with Crippen LogP contribution in [0.15, 0.2) is 35.5 Å². The third-order valence-corrected chi connectivity index (χ3v) is 5.43. The lowest BCUT2D eigenvalue weighted by molar-refractivity contribution is -0.146. The van der Waals surface area contributed by atoms with Crippen molar-refractivity contribution < 1.29 is 19.4 Å². The van der Waals surface area contributed by atoms with Crippen LogP contribution in [0.2, 0.25) is 0 Å². The molecule has 0 spiro atoms. The quantitative estimate of drug-likeness (QED) is 0.447. The van der Waals surface area contributed by atoms with Crippen LogP contribution in [-0.4, -0.2) is 34.5 Å². The van der Waals surface area contributed by atoms with Gasteiger partial charge in [0.05, 0.1) is 11.7 Å². The van der Waals surface area contributed by atoms with Crippen molar-refractivity contribution in [2.45, 2.75) is 90.6 Å². The van der Waals surface area contributed by atoms with E-state index >= 15 is 0 Å². The van der Waals surface area contributed by atoms with E-state index in [0.717, 1.165) is 24.8 Å². The van der Waals surface area contributed by atoms with Gasteiger partial charge in [-0.05, 0) is 64.0 Å². The second-order valence-corrected chi connectivity index (χ2v) is 8.46. The summed E-state index contributed by atoms with van der Waals surface area (Å²) in [5.41, 5.74) is 0.999. The lowest BCUT2D eigenvalue weighted by atomic mass is 9.90. The summed E-state index contributed by atoms with van der Waals surface area (Å²) in [6, 6.07) is 0. The van der Waals surface area contributed by atoms with E-state index in [4.69, 9.17) is 9.47 Å². The number of hydrogen-bond acceptors (Lipinski definition) is 4. The molecule has 26 heavy (non-hydrogen) atoms. The fourth-order valence-corrected chi connectivity index (χ4v) is 3.41. The van der Waals surface area contributed by atoms with E-state index in [1.807, 2.05) is 32.1 Å². The number of allylic oxidation sites excluding steroid dienone is 4. The number of epoxide rings is 1. The van der Waals surface area contributed by atoms with Crippen LogP contribution >= 0.6 is 0 Å². The molecule has 0 amide bonds. The molecule has 0 aromatic carbocycles. The third kappa shape index (κ3) is 5.55. The molecule has 146 valence electrons. The molecule has 0 bridgehead atoms. The lowest BCUT2D eigenvalue weighted by Gasteiger charge is -2.22. The number of esters is 1. The van der Waals surface area contributed by atoms with Crippen LogP contribution in [0.1, 0.15) is 67.2 Å². The largest absolute Gasteiger partial charge is 0.455 e. The van der Waals surface area contributed by atoms with Gasteiger partial charge in [-0.2, -0.15) is 0 Å². The lowest BCUT2D eigenvalue weighted by Crippen LogP contribution is -2.32.